The number of aryl methyl sites for hydroxylation is 1. The number of alkyl halides is 3. The minimum atomic E-state index is -4.76. The molecule has 0 aromatic heterocycles. The molecule has 0 radical (unpaired) electrons. The van der Waals surface area contributed by atoms with E-state index in [9.17, 15) is 22.8 Å². The van der Waals surface area contributed by atoms with Gasteiger partial charge in [0.1, 0.15) is 23.4 Å². The molecule has 0 bridgehead atoms. The molecule has 1 heterocycles. The van der Waals surface area contributed by atoms with Gasteiger partial charge in [-0.3, -0.25) is 4.79 Å². The number of likely N-dealkylation sites (tertiary alicyclic amines) is 1. The van der Waals surface area contributed by atoms with Crippen molar-refractivity contribution >= 4 is 11.7 Å². The number of ether oxygens (including phenoxy) is 2. The maximum Gasteiger partial charge on any atom is 0.573 e. The number of benzene rings is 2. The quantitative estimate of drug-likeness (QED) is 0.628. The van der Waals surface area contributed by atoms with Gasteiger partial charge in [0, 0.05) is 44.0 Å². The van der Waals surface area contributed by atoms with Crippen LogP contribution in [-0.2, 0) is 11.2 Å². The molecular formula is C23H24F3NO4. The third kappa shape index (κ3) is 6.73. The van der Waals surface area contributed by atoms with Crippen LogP contribution in [0.1, 0.15) is 42.1 Å². The summed E-state index contributed by atoms with van der Waals surface area (Å²) in [6, 6.07) is 12.7. The van der Waals surface area contributed by atoms with Gasteiger partial charge >= 0.3 is 6.36 Å². The Hall–Kier alpha value is -3.03. The SMILES string of the molecule is CC(=O)CCc1ccccc1C(=O)N1CCC(Oc2cccc(OC(F)(F)F)c2)CC1. The summed E-state index contributed by atoms with van der Waals surface area (Å²) >= 11 is 0. The van der Waals surface area contributed by atoms with Gasteiger partial charge < -0.3 is 19.2 Å². The first-order chi connectivity index (χ1) is 14.7. The number of hydrogen-bond acceptors (Lipinski definition) is 4. The summed E-state index contributed by atoms with van der Waals surface area (Å²) in [5.74, 6) is -0.0519. The molecular weight excluding hydrogens is 411 g/mol. The molecule has 1 aliphatic heterocycles. The van der Waals surface area contributed by atoms with Gasteiger partial charge in [0.15, 0.2) is 0 Å². The van der Waals surface area contributed by atoms with Crippen LogP contribution < -0.4 is 9.47 Å². The number of Topliss-reactive ketones (excluding diaryl/α,β-unsaturated/α-hetero) is 1. The zero-order valence-electron chi connectivity index (χ0n) is 17.2. The number of carbonyl (C=O) groups excluding carboxylic acids is 2. The van der Waals surface area contributed by atoms with Gasteiger partial charge in [-0.2, -0.15) is 0 Å². The number of piperidine rings is 1. The Morgan fingerprint density at radius 2 is 1.71 bits per heavy atom. The molecule has 0 spiro atoms. The second kappa shape index (κ2) is 9.85. The molecule has 0 aliphatic carbocycles. The van der Waals surface area contributed by atoms with Crippen molar-refractivity contribution in [1.29, 1.82) is 0 Å². The normalized spacial score (nSPS) is 14.9. The summed E-state index contributed by atoms with van der Waals surface area (Å²) < 4.78 is 46.9. The highest BCUT2D eigenvalue weighted by Crippen LogP contribution is 2.28. The highest BCUT2D eigenvalue weighted by atomic mass is 19.4. The summed E-state index contributed by atoms with van der Waals surface area (Å²) in [7, 11) is 0. The van der Waals surface area contributed by atoms with Crippen molar-refractivity contribution < 1.29 is 32.2 Å². The second-order valence-electron chi connectivity index (χ2n) is 7.49. The Morgan fingerprint density at radius 1 is 1.03 bits per heavy atom. The number of rotatable bonds is 7. The average molecular weight is 435 g/mol. The highest BCUT2D eigenvalue weighted by Gasteiger charge is 2.31. The minimum absolute atomic E-state index is 0.0740. The molecule has 1 amide bonds. The number of nitrogens with zero attached hydrogens (tertiary/aromatic N) is 1. The number of amides is 1. The molecule has 31 heavy (non-hydrogen) atoms. The van der Waals surface area contributed by atoms with Gasteiger partial charge in [-0.1, -0.05) is 24.3 Å². The summed E-state index contributed by atoms with van der Waals surface area (Å²) in [6.45, 7) is 2.48. The van der Waals surface area contributed by atoms with Gasteiger partial charge in [0.05, 0.1) is 0 Å². The molecule has 3 rings (SSSR count). The van der Waals surface area contributed by atoms with Crippen LogP contribution in [0.2, 0.25) is 0 Å². The van der Waals surface area contributed by atoms with Crippen LogP contribution in [0.25, 0.3) is 0 Å². The summed E-state index contributed by atoms with van der Waals surface area (Å²) in [5, 5.41) is 0. The first kappa shape index (κ1) is 22.7. The van der Waals surface area contributed by atoms with E-state index in [2.05, 4.69) is 4.74 Å². The molecule has 0 N–H and O–H groups in total. The van der Waals surface area contributed by atoms with Crippen LogP contribution >= 0.6 is 0 Å². The molecule has 5 nitrogen and oxygen atoms in total. The molecule has 8 heteroatoms. The average Bonchev–Trinajstić information content (AvgIpc) is 2.71. The van der Waals surface area contributed by atoms with Gasteiger partial charge in [0.25, 0.3) is 5.91 Å². The van der Waals surface area contributed by atoms with Crippen LogP contribution in [0.3, 0.4) is 0 Å². The van der Waals surface area contributed by atoms with E-state index in [-0.39, 0.29) is 23.5 Å². The number of carbonyl (C=O) groups is 2. The van der Waals surface area contributed by atoms with Crippen LogP contribution in [0.15, 0.2) is 48.5 Å². The molecule has 0 saturated carbocycles. The van der Waals surface area contributed by atoms with Crippen molar-refractivity contribution in [3.63, 3.8) is 0 Å². The molecule has 1 saturated heterocycles. The van der Waals surface area contributed by atoms with Crippen molar-refractivity contribution in [3.05, 3.63) is 59.7 Å². The Kier molecular flexibility index (Phi) is 7.20. The van der Waals surface area contributed by atoms with E-state index in [1.54, 1.807) is 23.1 Å². The van der Waals surface area contributed by atoms with Gasteiger partial charge in [-0.15, -0.1) is 13.2 Å². The molecule has 1 fully saturated rings. The third-order valence-electron chi connectivity index (χ3n) is 5.07. The Labute approximate surface area is 178 Å². The molecule has 166 valence electrons. The lowest BCUT2D eigenvalue weighted by atomic mass is 9.99. The molecule has 2 aromatic rings. The zero-order valence-corrected chi connectivity index (χ0v) is 17.2. The molecule has 0 atom stereocenters. The van der Waals surface area contributed by atoms with E-state index in [1.165, 1.54) is 25.1 Å². The summed E-state index contributed by atoms with van der Waals surface area (Å²) in [5.41, 5.74) is 1.45. The van der Waals surface area contributed by atoms with Gasteiger partial charge in [-0.25, -0.2) is 0 Å². The van der Waals surface area contributed by atoms with E-state index in [0.717, 1.165) is 5.56 Å². The van der Waals surface area contributed by atoms with Crippen LogP contribution in [0, 0.1) is 0 Å². The maximum absolute atomic E-state index is 13.0. The van der Waals surface area contributed by atoms with E-state index < -0.39 is 6.36 Å². The fraction of sp³-hybridized carbons (Fsp3) is 0.391. The lowest BCUT2D eigenvalue weighted by Gasteiger charge is -2.32. The maximum atomic E-state index is 13.0. The van der Waals surface area contributed by atoms with Crippen molar-refractivity contribution in [2.45, 2.75) is 45.1 Å². The second-order valence-corrected chi connectivity index (χ2v) is 7.49. The molecule has 1 aliphatic rings. The minimum Gasteiger partial charge on any atom is -0.490 e. The lowest BCUT2D eigenvalue weighted by Crippen LogP contribution is -2.42. The number of hydrogen-bond donors (Lipinski definition) is 0. The van der Waals surface area contributed by atoms with E-state index in [1.807, 2.05) is 12.1 Å². The topological polar surface area (TPSA) is 55.8 Å². The predicted octanol–water partition coefficient (Wildman–Crippen LogP) is 4.79. The van der Waals surface area contributed by atoms with Crippen LogP contribution in [0.5, 0.6) is 11.5 Å². The monoisotopic (exact) mass is 435 g/mol. The van der Waals surface area contributed by atoms with Gasteiger partial charge in [-0.05, 0) is 37.1 Å². The fourth-order valence-electron chi connectivity index (χ4n) is 3.54. The Bertz CT molecular complexity index is 921. The summed E-state index contributed by atoms with van der Waals surface area (Å²) in [6.07, 6.45) is -2.94. The van der Waals surface area contributed by atoms with Crippen LogP contribution in [-0.4, -0.2) is 42.1 Å². The molecule has 0 unspecified atom stereocenters. The molecule has 2 aromatic carbocycles. The number of ketones is 1. The van der Waals surface area contributed by atoms with Crippen LogP contribution in [0.4, 0.5) is 13.2 Å². The Balaban J connectivity index is 1.57. The first-order valence-electron chi connectivity index (χ1n) is 10.1. The standard InChI is InChI=1S/C23H24F3NO4/c1-16(28)9-10-17-5-2-3-8-21(17)22(29)27-13-11-18(12-14-27)30-19-6-4-7-20(15-19)31-23(24,25)26/h2-8,15,18H,9-14H2,1H3. The van der Waals surface area contributed by atoms with Crippen molar-refractivity contribution in [3.8, 4) is 11.5 Å². The Morgan fingerprint density at radius 3 is 2.39 bits per heavy atom. The fourth-order valence-corrected chi connectivity index (χ4v) is 3.54. The smallest absolute Gasteiger partial charge is 0.490 e. The van der Waals surface area contributed by atoms with Crippen molar-refractivity contribution in [2.24, 2.45) is 0 Å². The third-order valence-corrected chi connectivity index (χ3v) is 5.07. The van der Waals surface area contributed by atoms with Gasteiger partial charge in [0.2, 0.25) is 0 Å². The van der Waals surface area contributed by atoms with Crippen molar-refractivity contribution in [2.75, 3.05) is 13.1 Å². The van der Waals surface area contributed by atoms with E-state index in [0.29, 0.717) is 50.1 Å². The van der Waals surface area contributed by atoms with E-state index in [4.69, 9.17) is 4.74 Å². The van der Waals surface area contributed by atoms with Crippen molar-refractivity contribution in [1.82, 2.24) is 4.90 Å². The zero-order chi connectivity index (χ0) is 22.4. The lowest BCUT2D eigenvalue weighted by molar-refractivity contribution is -0.274. The predicted molar refractivity (Wildman–Crippen MR) is 108 cm³/mol. The van der Waals surface area contributed by atoms with E-state index >= 15 is 0 Å². The first-order valence-corrected chi connectivity index (χ1v) is 10.1. The number of halogens is 3. The largest absolute Gasteiger partial charge is 0.573 e. The highest BCUT2D eigenvalue weighted by molar-refractivity contribution is 5.96. The summed E-state index contributed by atoms with van der Waals surface area (Å²) in [4.78, 5) is 26.0.